The highest BCUT2D eigenvalue weighted by molar-refractivity contribution is 5.92. The van der Waals surface area contributed by atoms with Gasteiger partial charge in [0.05, 0.1) is 17.7 Å². The number of piperazine rings is 1. The van der Waals surface area contributed by atoms with Gasteiger partial charge in [-0.3, -0.25) is 24.7 Å². The number of aryl methyl sites for hydroxylation is 1. The largest absolute Gasteiger partial charge is 0.444 e. The summed E-state index contributed by atoms with van der Waals surface area (Å²) in [5.74, 6) is 0.403. The molecule has 5 aromatic rings. The van der Waals surface area contributed by atoms with Crippen molar-refractivity contribution in [1.82, 2.24) is 25.1 Å². The van der Waals surface area contributed by atoms with Crippen molar-refractivity contribution in [2.45, 2.75) is 6.92 Å². The highest BCUT2D eigenvalue weighted by Gasteiger charge is 2.25. The molecule has 12 nitrogen and oxygen atoms in total. The van der Waals surface area contributed by atoms with E-state index in [1.54, 1.807) is 29.3 Å². The van der Waals surface area contributed by atoms with E-state index < -0.39 is 10.5 Å². The van der Waals surface area contributed by atoms with Crippen LogP contribution in [0.4, 0.5) is 11.4 Å². The average Bonchev–Trinajstić information content (AvgIpc) is 3.48. The van der Waals surface area contributed by atoms with Gasteiger partial charge in [0.1, 0.15) is 16.9 Å². The van der Waals surface area contributed by atoms with Gasteiger partial charge in [-0.15, -0.1) is 0 Å². The van der Waals surface area contributed by atoms with Gasteiger partial charge in [0.25, 0.3) is 11.2 Å². The molecule has 0 spiro atoms. The van der Waals surface area contributed by atoms with Crippen molar-refractivity contribution in [2.24, 2.45) is 0 Å². The number of benzene rings is 2. The topological polar surface area (TPSA) is 149 Å². The molecular weight excluding hydrogens is 502 g/mol. The van der Waals surface area contributed by atoms with Gasteiger partial charge in [-0.2, -0.15) is 9.78 Å². The second-order valence-corrected chi connectivity index (χ2v) is 9.12. The molecule has 39 heavy (non-hydrogen) atoms. The molecule has 1 N–H and O–H groups in total. The number of nitro groups is 1. The number of amides is 1. The Morgan fingerprint density at radius 2 is 1.95 bits per heavy atom. The third-order valence-electron chi connectivity index (χ3n) is 6.51. The first kappa shape index (κ1) is 24.0. The van der Waals surface area contributed by atoms with E-state index in [0.29, 0.717) is 41.2 Å². The van der Waals surface area contributed by atoms with E-state index in [0.717, 1.165) is 15.8 Å². The number of anilines is 1. The smallest absolute Gasteiger partial charge is 0.298 e. The van der Waals surface area contributed by atoms with Crippen LogP contribution in [0, 0.1) is 17.0 Å². The Morgan fingerprint density at radius 1 is 1.10 bits per heavy atom. The minimum absolute atomic E-state index is 0.0228. The van der Waals surface area contributed by atoms with Gasteiger partial charge in [-0.05, 0) is 55.0 Å². The first-order valence-electron chi connectivity index (χ1n) is 12.1. The number of rotatable bonds is 5. The second-order valence-electron chi connectivity index (χ2n) is 9.12. The zero-order chi connectivity index (χ0) is 27.1. The van der Waals surface area contributed by atoms with Crippen molar-refractivity contribution in [3.8, 4) is 28.3 Å². The van der Waals surface area contributed by atoms with E-state index in [1.165, 1.54) is 24.7 Å². The van der Waals surface area contributed by atoms with Crippen LogP contribution in [-0.4, -0.2) is 50.2 Å². The van der Waals surface area contributed by atoms with Crippen molar-refractivity contribution in [1.29, 1.82) is 0 Å². The number of pyridine rings is 1. The molecule has 1 aliphatic heterocycles. The standard InChI is InChI=1S/C27H21N7O5/c1-16-9-17(23-13-28-15-39-23)11-18(10-16)25-20-3-2-6-30-26(20)27(36)33(31-25)22-12-19(4-5-21(22)34(37)38)32-8-7-29-24(35)14-32/h2-6,9-13,15H,7-8,14H2,1H3,(H,29,35). The normalized spacial score (nSPS) is 13.5. The molecular formula is C27H21N7O5. The summed E-state index contributed by atoms with van der Waals surface area (Å²) < 4.78 is 6.50. The van der Waals surface area contributed by atoms with Crippen molar-refractivity contribution < 1.29 is 14.1 Å². The number of nitro benzene ring substituents is 1. The Hall–Kier alpha value is -5.39. The zero-order valence-corrected chi connectivity index (χ0v) is 20.7. The number of nitrogens with one attached hydrogen (secondary N) is 1. The van der Waals surface area contributed by atoms with E-state index in [1.807, 2.05) is 25.1 Å². The molecule has 12 heteroatoms. The lowest BCUT2D eigenvalue weighted by Crippen LogP contribution is -2.47. The first-order chi connectivity index (χ1) is 18.9. The van der Waals surface area contributed by atoms with Gasteiger partial charge in [-0.25, -0.2) is 4.98 Å². The molecule has 4 heterocycles. The van der Waals surface area contributed by atoms with Crippen molar-refractivity contribution in [3.63, 3.8) is 0 Å². The van der Waals surface area contributed by atoms with Gasteiger partial charge in [0.2, 0.25) is 5.91 Å². The monoisotopic (exact) mass is 523 g/mol. The first-order valence-corrected chi connectivity index (χ1v) is 12.1. The minimum atomic E-state index is -0.603. The molecule has 1 aliphatic rings. The molecule has 0 radical (unpaired) electrons. The van der Waals surface area contributed by atoms with Gasteiger partial charge in [-0.1, -0.05) is 0 Å². The maximum Gasteiger partial charge on any atom is 0.298 e. The summed E-state index contributed by atoms with van der Waals surface area (Å²) in [6.07, 6.45) is 4.43. The minimum Gasteiger partial charge on any atom is -0.444 e. The Labute approximate surface area is 220 Å². The second kappa shape index (κ2) is 9.49. The Balaban J connectivity index is 1.60. The van der Waals surface area contributed by atoms with Gasteiger partial charge in [0.15, 0.2) is 12.2 Å². The van der Waals surface area contributed by atoms with Gasteiger partial charge >= 0.3 is 0 Å². The van der Waals surface area contributed by atoms with Crippen molar-refractivity contribution in [3.05, 3.63) is 93.3 Å². The summed E-state index contributed by atoms with van der Waals surface area (Å²) in [6.45, 7) is 2.97. The highest BCUT2D eigenvalue weighted by Crippen LogP contribution is 2.32. The van der Waals surface area contributed by atoms with Crippen LogP contribution in [0.1, 0.15) is 5.56 Å². The van der Waals surface area contributed by atoms with Crippen LogP contribution < -0.4 is 15.8 Å². The molecule has 1 fully saturated rings. The number of hydrogen-bond donors (Lipinski definition) is 1. The molecule has 1 amide bonds. The lowest BCUT2D eigenvalue weighted by Gasteiger charge is -2.28. The molecule has 2 aromatic carbocycles. The van der Waals surface area contributed by atoms with Crippen LogP contribution in [0.3, 0.4) is 0 Å². The SMILES string of the molecule is Cc1cc(-c2cnco2)cc(-c2nn(-c3cc(N4CCNC(=O)C4)ccc3[N+](=O)[O-])c(=O)c3ncccc23)c1. The van der Waals surface area contributed by atoms with Gasteiger partial charge in [0, 0.05) is 47.6 Å². The molecule has 194 valence electrons. The Morgan fingerprint density at radius 3 is 2.72 bits per heavy atom. The third-order valence-corrected chi connectivity index (χ3v) is 6.51. The summed E-state index contributed by atoms with van der Waals surface area (Å²) in [6, 6.07) is 13.5. The van der Waals surface area contributed by atoms with Crippen molar-refractivity contribution in [2.75, 3.05) is 24.5 Å². The summed E-state index contributed by atoms with van der Waals surface area (Å²) in [5.41, 5.74) is 2.50. The maximum absolute atomic E-state index is 13.7. The molecule has 0 atom stereocenters. The summed E-state index contributed by atoms with van der Waals surface area (Å²) in [4.78, 5) is 47.2. The average molecular weight is 524 g/mol. The highest BCUT2D eigenvalue weighted by atomic mass is 16.6. The summed E-state index contributed by atoms with van der Waals surface area (Å²) in [7, 11) is 0. The molecule has 1 saturated heterocycles. The molecule has 6 rings (SSSR count). The van der Waals surface area contributed by atoms with Crippen LogP contribution >= 0.6 is 0 Å². The number of carbonyl (C=O) groups is 1. The lowest BCUT2D eigenvalue weighted by molar-refractivity contribution is -0.384. The van der Waals surface area contributed by atoms with E-state index in [-0.39, 0.29) is 29.3 Å². The molecule has 0 saturated carbocycles. The summed E-state index contributed by atoms with van der Waals surface area (Å²) in [5, 5.41) is 20.0. The van der Waals surface area contributed by atoms with Crippen molar-refractivity contribution >= 4 is 28.2 Å². The maximum atomic E-state index is 13.7. The third kappa shape index (κ3) is 4.37. The molecule has 0 unspecified atom stereocenters. The number of fused-ring (bicyclic) bond motifs is 1. The fourth-order valence-corrected chi connectivity index (χ4v) is 4.75. The summed E-state index contributed by atoms with van der Waals surface area (Å²) >= 11 is 0. The number of carbonyl (C=O) groups excluding carboxylic acids is 1. The predicted molar refractivity (Wildman–Crippen MR) is 143 cm³/mol. The number of nitrogens with zero attached hydrogens (tertiary/aromatic N) is 6. The number of aromatic nitrogens is 4. The van der Waals surface area contributed by atoms with E-state index in [4.69, 9.17) is 4.42 Å². The van der Waals surface area contributed by atoms with Crippen LogP contribution in [0.2, 0.25) is 0 Å². The zero-order valence-electron chi connectivity index (χ0n) is 20.7. The predicted octanol–water partition coefficient (Wildman–Crippen LogP) is 3.26. The van der Waals surface area contributed by atoms with Crippen LogP contribution in [0.15, 0.2) is 76.5 Å². The van der Waals surface area contributed by atoms with Crippen LogP contribution in [0.5, 0.6) is 0 Å². The fourth-order valence-electron chi connectivity index (χ4n) is 4.75. The molecule has 3 aromatic heterocycles. The van der Waals surface area contributed by atoms with Gasteiger partial charge < -0.3 is 14.6 Å². The lowest BCUT2D eigenvalue weighted by atomic mass is 10.0. The number of hydrogen-bond acceptors (Lipinski definition) is 9. The number of oxazole rings is 1. The molecule has 0 aliphatic carbocycles. The Kier molecular flexibility index (Phi) is 5.83. The van der Waals surface area contributed by atoms with E-state index >= 15 is 0 Å². The molecule has 0 bridgehead atoms. The van der Waals surface area contributed by atoms with E-state index in [9.17, 15) is 19.7 Å². The Bertz CT molecular complexity index is 1810. The van der Waals surface area contributed by atoms with E-state index in [2.05, 4.69) is 20.4 Å². The van der Waals surface area contributed by atoms with Crippen LogP contribution in [-0.2, 0) is 4.79 Å². The quantitative estimate of drug-likeness (QED) is 0.270. The van der Waals surface area contributed by atoms with Crippen LogP contribution in [0.25, 0.3) is 39.2 Å². The fraction of sp³-hybridized carbons (Fsp3) is 0.148.